The topological polar surface area (TPSA) is 9.23 Å². The number of rotatable bonds is 2. The number of thioether (sulfide) groups is 1. The Morgan fingerprint density at radius 1 is 1.33 bits per heavy atom. The average molecular weight is 184 g/mol. The van der Waals surface area contributed by atoms with E-state index in [-0.39, 0.29) is 11.9 Å². The van der Waals surface area contributed by atoms with Crippen molar-refractivity contribution in [3.8, 4) is 5.75 Å². The Morgan fingerprint density at radius 3 is 2.67 bits per heavy atom. The van der Waals surface area contributed by atoms with Gasteiger partial charge in [0.2, 0.25) is 0 Å². The van der Waals surface area contributed by atoms with Gasteiger partial charge in [0.05, 0.1) is 0 Å². The van der Waals surface area contributed by atoms with Gasteiger partial charge in [-0.25, -0.2) is 4.39 Å². The van der Waals surface area contributed by atoms with Crippen molar-refractivity contribution in [2.24, 2.45) is 0 Å². The molecule has 0 aliphatic carbocycles. The molecule has 0 atom stereocenters. The van der Waals surface area contributed by atoms with E-state index in [0.717, 1.165) is 11.5 Å². The molecule has 1 saturated heterocycles. The van der Waals surface area contributed by atoms with Crippen molar-refractivity contribution in [1.29, 1.82) is 0 Å². The SMILES string of the molecule is Fc1ccccc1OC1CSC1. The molecule has 1 fully saturated rings. The first-order chi connectivity index (χ1) is 5.86. The van der Waals surface area contributed by atoms with E-state index in [1.54, 1.807) is 18.2 Å². The molecule has 12 heavy (non-hydrogen) atoms. The molecule has 0 radical (unpaired) electrons. The summed E-state index contributed by atoms with van der Waals surface area (Å²) in [5, 5.41) is 0. The average Bonchev–Trinajstić information content (AvgIpc) is 2.00. The van der Waals surface area contributed by atoms with Gasteiger partial charge < -0.3 is 4.74 Å². The van der Waals surface area contributed by atoms with Crippen LogP contribution in [0.2, 0.25) is 0 Å². The molecule has 1 aliphatic rings. The maximum atomic E-state index is 13.0. The van der Waals surface area contributed by atoms with Gasteiger partial charge in [-0.05, 0) is 12.1 Å². The van der Waals surface area contributed by atoms with E-state index in [2.05, 4.69) is 0 Å². The van der Waals surface area contributed by atoms with E-state index in [1.807, 2.05) is 11.8 Å². The van der Waals surface area contributed by atoms with Crippen molar-refractivity contribution < 1.29 is 9.13 Å². The van der Waals surface area contributed by atoms with Crippen molar-refractivity contribution >= 4 is 11.8 Å². The first kappa shape index (κ1) is 7.92. The maximum absolute atomic E-state index is 13.0. The molecular formula is C9H9FOS. The van der Waals surface area contributed by atoms with Gasteiger partial charge in [-0.1, -0.05) is 12.1 Å². The van der Waals surface area contributed by atoms with E-state index in [9.17, 15) is 4.39 Å². The number of hydrogen-bond acceptors (Lipinski definition) is 2. The second kappa shape index (κ2) is 3.35. The smallest absolute Gasteiger partial charge is 0.165 e. The van der Waals surface area contributed by atoms with Gasteiger partial charge >= 0.3 is 0 Å². The van der Waals surface area contributed by atoms with Crippen LogP contribution in [0.3, 0.4) is 0 Å². The lowest BCUT2D eigenvalue weighted by molar-refractivity contribution is 0.229. The minimum atomic E-state index is -0.269. The molecule has 1 aromatic rings. The lowest BCUT2D eigenvalue weighted by Gasteiger charge is -2.25. The summed E-state index contributed by atoms with van der Waals surface area (Å²) in [6, 6.07) is 6.53. The van der Waals surface area contributed by atoms with Gasteiger partial charge in [0.25, 0.3) is 0 Å². The van der Waals surface area contributed by atoms with Crippen molar-refractivity contribution in [1.82, 2.24) is 0 Å². The fraction of sp³-hybridized carbons (Fsp3) is 0.333. The predicted octanol–water partition coefficient (Wildman–Crippen LogP) is 2.32. The highest BCUT2D eigenvalue weighted by Gasteiger charge is 2.20. The van der Waals surface area contributed by atoms with Crippen LogP contribution in [0, 0.1) is 5.82 Å². The summed E-state index contributed by atoms with van der Waals surface area (Å²) in [5.41, 5.74) is 0. The van der Waals surface area contributed by atoms with Gasteiger partial charge in [-0.3, -0.25) is 0 Å². The molecule has 0 bridgehead atoms. The molecule has 0 amide bonds. The van der Waals surface area contributed by atoms with Crippen LogP contribution in [-0.2, 0) is 0 Å². The zero-order chi connectivity index (χ0) is 8.39. The predicted molar refractivity (Wildman–Crippen MR) is 48.1 cm³/mol. The monoisotopic (exact) mass is 184 g/mol. The Bertz CT molecular complexity index is 273. The largest absolute Gasteiger partial charge is 0.486 e. The number of ether oxygens (including phenoxy) is 1. The van der Waals surface area contributed by atoms with Crippen LogP contribution in [0.25, 0.3) is 0 Å². The van der Waals surface area contributed by atoms with Crippen molar-refractivity contribution in [2.75, 3.05) is 11.5 Å². The third kappa shape index (κ3) is 1.55. The third-order valence-corrected chi connectivity index (χ3v) is 2.95. The summed E-state index contributed by atoms with van der Waals surface area (Å²) in [4.78, 5) is 0. The molecule has 0 spiro atoms. The summed E-state index contributed by atoms with van der Waals surface area (Å²) in [6.07, 6.45) is 0.215. The zero-order valence-electron chi connectivity index (χ0n) is 6.50. The molecule has 0 aromatic heterocycles. The minimum Gasteiger partial charge on any atom is -0.486 e. The third-order valence-electron chi connectivity index (χ3n) is 1.74. The summed E-state index contributed by atoms with van der Waals surface area (Å²) >= 11 is 1.82. The molecule has 0 unspecified atom stereocenters. The van der Waals surface area contributed by atoms with Crippen LogP contribution >= 0.6 is 11.8 Å². The van der Waals surface area contributed by atoms with Crippen LogP contribution in [0.15, 0.2) is 24.3 Å². The lowest BCUT2D eigenvalue weighted by Crippen LogP contribution is -2.31. The first-order valence-corrected chi connectivity index (χ1v) is 5.00. The maximum Gasteiger partial charge on any atom is 0.165 e. The highest BCUT2D eigenvalue weighted by Crippen LogP contribution is 2.25. The number of benzene rings is 1. The molecule has 1 nitrogen and oxygen atoms in total. The van der Waals surface area contributed by atoms with Gasteiger partial charge in [-0.15, -0.1) is 0 Å². The van der Waals surface area contributed by atoms with Crippen LogP contribution in [0.4, 0.5) is 4.39 Å². The molecule has 2 rings (SSSR count). The highest BCUT2D eigenvalue weighted by molar-refractivity contribution is 8.00. The molecule has 64 valence electrons. The lowest BCUT2D eigenvalue weighted by atomic mass is 10.3. The van der Waals surface area contributed by atoms with Crippen LogP contribution < -0.4 is 4.74 Å². The van der Waals surface area contributed by atoms with Crippen LogP contribution in [0.1, 0.15) is 0 Å². The summed E-state index contributed by atoms with van der Waals surface area (Å²) in [6.45, 7) is 0. The molecule has 3 heteroatoms. The first-order valence-electron chi connectivity index (χ1n) is 3.85. The molecule has 0 N–H and O–H groups in total. The summed E-state index contributed by atoms with van der Waals surface area (Å²) in [5.74, 6) is 2.07. The standard InChI is InChI=1S/C9H9FOS/c10-8-3-1-2-4-9(8)11-7-5-12-6-7/h1-4,7H,5-6H2. The number of para-hydroxylation sites is 1. The van der Waals surface area contributed by atoms with E-state index < -0.39 is 0 Å². The van der Waals surface area contributed by atoms with Crippen LogP contribution in [-0.4, -0.2) is 17.6 Å². The van der Waals surface area contributed by atoms with Gasteiger partial charge in [0, 0.05) is 11.5 Å². The van der Waals surface area contributed by atoms with E-state index >= 15 is 0 Å². The van der Waals surface area contributed by atoms with Crippen LogP contribution in [0.5, 0.6) is 5.75 Å². The molecule has 1 aliphatic heterocycles. The molecule has 1 aromatic carbocycles. The fourth-order valence-electron chi connectivity index (χ4n) is 1.00. The van der Waals surface area contributed by atoms with E-state index in [1.165, 1.54) is 6.07 Å². The van der Waals surface area contributed by atoms with E-state index in [0.29, 0.717) is 5.75 Å². The Morgan fingerprint density at radius 2 is 2.08 bits per heavy atom. The Balaban J connectivity index is 2.06. The molecule has 1 heterocycles. The Labute approximate surface area is 74.9 Å². The molecule has 0 saturated carbocycles. The second-order valence-electron chi connectivity index (χ2n) is 2.71. The quantitative estimate of drug-likeness (QED) is 0.697. The van der Waals surface area contributed by atoms with Gasteiger partial charge in [0.1, 0.15) is 6.10 Å². The fourth-order valence-corrected chi connectivity index (χ4v) is 1.57. The van der Waals surface area contributed by atoms with Gasteiger partial charge in [-0.2, -0.15) is 11.8 Å². The Kier molecular flexibility index (Phi) is 2.21. The summed E-state index contributed by atoms with van der Waals surface area (Å²) < 4.78 is 18.4. The number of halogens is 1. The summed E-state index contributed by atoms with van der Waals surface area (Å²) in [7, 11) is 0. The van der Waals surface area contributed by atoms with Crippen molar-refractivity contribution in [2.45, 2.75) is 6.10 Å². The highest BCUT2D eigenvalue weighted by atomic mass is 32.2. The number of hydrogen-bond donors (Lipinski definition) is 0. The van der Waals surface area contributed by atoms with Crippen molar-refractivity contribution in [3.63, 3.8) is 0 Å². The molecular weight excluding hydrogens is 175 g/mol. The minimum absolute atomic E-state index is 0.215. The van der Waals surface area contributed by atoms with Gasteiger partial charge in [0.15, 0.2) is 11.6 Å². The van der Waals surface area contributed by atoms with E-state index in [4.69, 9.17) is 4.74 Å². The zero-order valence-corrected chi connectivity index (χ0v) is 7.31. The normalized spacial score (nSPS) is 17.1. The van der Waals surface area contributed by atoms with Crippen molar-refractivity contribution in [3.05, 3.63) is 30.1 Å². The second-order valence-corrected chi connectivity index (χ2v) is 3.78. The Hall–Kier alpha value is -0.700.